The van der Waals surface area contributed by atoms with E-state index in [2.05, 4.69) is 24.0 Å². The van der Waals surface area contributed by atoms with Crippen LogP contribution < -0.4 is 5.32 Å². The Balaban J connectivity index is 1.71. The van der Waals surface area contributed by atoms with Crippen LogP contribution in [-0.4, -0.2) is 23.1 Å². The molecule has 1 nitrogen and oxygen atoms in total. The first-order valence-electron chi connectivity index (χ1n) is 6.76. The summed E-state index contributed by atoms with van der Waals surface area (Å²) in [6.07, 6.45) is 11.5. The molecule has 0 bridgehead atoms. The quantitative estimate of drug-likeness (QED) is 0.788. The van der Waals surface area contributed by atoms with E-state index in [1.165, 1.54) is 57.1 Å². The molecular formula is C13H25NS. The van der Waals surface area contributed by atoms with Crippen LogP contribution in [0.1, 0.15) is 58.3 Å². The molecule has 0 spiro atoms. The molecule has 2 heteroatoms. The molecule has 2 fully saturated rings. The highest BCUT2D eigenvalue weighted by Crippen LogP contribution is 2.29. The van der Waals surface area contributed by atoms with Crippen LogP contribution in [0.15, 0.2) is 0 Å². The van der Waals surface area contributed by atoms with Crippen molar-refractivity contribution in [2.75, 3.05) is 5.75 Å². The number of nitrogens with one attached hydrogen (secondary N) is 1. The molecule has 2 rings (SSSR count). The second-order valence-corrected chi connectivity index (χ2v) is 6.67. The smallest absolute Gasteiger partial charge is 0.00801 e. The van der Waals surface area contributed by atoms with Gasteiger partial charge in [-0.1, -0.05) is 26.2 Å². The van der Waals surface area contributed by atoms with Crippen molar-refractivity contribution in [3.63, 3.8) is 0 Å². The van der Waals surface area contributed by atoms with Gasteiger partial charge in [0.1, 0.15) is 0 Å². The largest absolute Gasteiger partial charge is 0.311 e. The first-order chi connectivity index (χ1) is 7.38. The fraction of sp³-hybridized carbons (Fsp3) is 1.00. The predicted molar refractivity (Wildman–Crippen MR) is 69.6 cm³/mol. The highest BCUT2D eigenvalue weighted by atomic mass is 32.2. The van der Waals surface area contributed by atoms with Crippen LogP contribution in [0, 0.1) is 0 Å². The van der Waals surface area contributed by atoms with Gasteiger partial charge in [-0.2, -0.15) is 11.8 Å². The Labute approximate surface area is 98.8 Å². The molecule has 0 aromatic heterocycles. The lowest BCUT2D eigenvalue weighted by atomic mass is 9.94. The van der Waals surface area contributed by atoms with Crippen molar-refractivity contribution < 1.29 is 0 Å². The Morgan fingerprint density at radius 2 is 1.73 bits per heavy atom. The zero-order chi connectivity index (χ0) is 10.5. The topological polar surface area (TPSA) is 12.0 Å². The van der Waals surface area contributed by atoms with Gasteiger partial charge >= 0.3 is 0 Å². The second-order valence-electron chi connectivity index (χ2n) is 5.09. The van der Waals surface area contributed by atoms with Gasteiger partial charge in [-0.15, -0.1) is 0 Å². The van der Waals surface area contributed by atoms with Gasteiger partial charge in [0.15, 0.2) is 0 Å². The Hall–Kier alpha value is 0.310. The fourth-order valence-corrected chi connectivity index (χ4v) is 4.28. The van der Waals surface area contributed by atoms with E-state index in [0.29, 0.717) is 0 Å². The molecule has 0 radical (unpaired) electrons. The van der Waals surface area contributed by atoms with Crippen LogP contribution in [0.25, 0.3) is 0 Å². The molecule has 0 saturated heterocycles. The van der Waals surface area contributed by atoms with Crippen molar-refractivity contribution in [2.45, 2.75) is 75.6 Å². The van der Waals surface area contributed by atoms with E-state index in [0.717, 1.165) is 17.3 Å². The maximum Gasteiger partial charge on any atom is 0.00801 e. The molecule has 0 aromatic carbocycles. The molecule has 2 atom stereocenters. The first-order valence-corrected chi connectivity index (χ1v) is 7.81. The third-order valence-corrected chi connectivity index (χ3v) is 5.09. The average Bonchev–Trinajstić information content (AvgIpc) is 2.71. The van der Waals surface area contributed by atoms with E-state index in [9.17, 15) is 0 Å². The van der Waals surface area contributed by atoms with E-state index < -0.39 is 0 Å². The summed E-state index contributed by atoms with van der Waals surface area (Å²) in [7, 11) is 0. The SMILES string of the molecule is CCSC1CCCC(NC2CCCC2)C1. The maximum absolute atomic E-state index is 3.89. The second kappa shape index (κ2) is 6.15. The van der Waals surface area contributed by atoms with E-state index >= 15 is 0 Å². The number of thioether (sulfide) groups is 1. The lowest BCUT2D eigenvalue weighted by Gasteiger charge is -2.31. The van der Waals surface area contributed by atoms with Gasteiger partial charge in [-0.05, 0) is 37.9 Å². The molecule has 0 heterocycles. The van der Waals surface area contributed by atoms with Gasteiger partial charge in [0.2, 0.25) is 0 Å². The minimum absolute atomic E-state index is 0.839. The van der Waals surface area contributed by atoms with Crippen molar-refractivity contribution in [1.82, 2.24) is 5.32 Å². The van der Waals surface area contributed by atoms with Crippen LogP contribution in [-0.2, 0) is 0 Å². The van der Waals surface area contributed by atoms with Gasteiger partial charge < -0.3 is 5.32 Å². The summed E-state index contributed by atoms with van der Waals surface area (Å²) in [6, 6.07) is 1.70. The molecule has 15 heavy (non-hydrogen) atoms. The number of hydrogen-bond donors (Lipinski definition) is 1. The maximum atomic E-state index is 3.89. The van der Waals surface area contributed by atoms with Gasteiger partial charge in [0.05, 0.1) is 0 Å². The van der Waals surface area contributed by atoms with Crippen LogP contribution in [0.3, 0.4) is 0 Å². The average molecular weight is 227 g/mol. The van der Waals surface area contributed by atoms with Crippen molar-refractivity contribution in [3.8, 4) is 0 Å². The fourth-order valence-electron chi connectivity index (χ4n) is 3.11. The number of hydrogen-bond acceptors (Lipinski definition) is 2. The van der Waals surface area contributed by atoms with Gasteiger partial charge in [-0.25, -0.2) is 0 Å². The van der Waals surface area contributed by atoms with Crippen molar-refractivity contribution >= 4 is 11.8 Å². The van der Waals surface area contributed by atoms with Crippen LogP contribution in [0.2, 0.25) is 0 Å². The van der Waals surface area contributed by atoms with Crippen LogP contribution >= 0.6 is 11.8 Å². The first kappa shape index (κ1) is 11.8. The summed E-state index contributed by atoms with van der Waals surface area (Å²) >= 11 is 2.17. The van der Waals surface area contributed by atoms with Gasteiger partial charge in [0.25, 0.3) is 0 Å². The lowest BCUT2D eigenvalue weighted by molar-refractivity contribution is 0.343. The van der Waals surface area contributed by atoms with Crippen LogP contribution in [0.5, 0.6) is 0 Å². The summed E-state index contributed by atoms with van der Waals surface area (Å²) in [6.45, 7) is 2.29. The van der Waals surface area contributed by atoms with Gasteiger partial charge in [-0.3, -0.25) is 0 Å². The van der Waals surface area contributed by atoms with Crippen molar-refractivity contribution in [3.05, 3.63) is 0 Å². The minimum atomic E-state index is 0.839. The van der Waals surface area contributed by atoms with Crippen molar-refractivity contribution in [2.24, 2.45) is 0 Å². The molecule has 2 aliphatic rings. The highest BCUT2D eigenvalue weighted by Gasteiger charge is 2.24. The van der Waals surface area contributed by atoms with E-state index in [1.54, 1.807) is 0 Å². The lowest BCUT2D eigenvalue weighted by Crippen LogP contribution is -2.40. The third kappa shape index (κ3) is 3.67. The molecule has 2 aliphatic carbocycles. The molecule has 2 unspecified atom stereocenters. The monoisotopic (exact) mass is 227 g/mol. The molecule has 2 saturated carbocycles. The Bertz CT molecular complexity index is 175. The Morgan fingerprint density at radius 3 is 2.47 bits per heavy atom. The van der Waals surface area contributed by atoms with E-state index in [4.69, 9.17) is 0 Å². The van der Waals surface area contributed by atoms with Gasteiger partial charge in [0, 0.05) is 17.3 Å². The molecule has 0 aliphatic heterocycles. The summed E-state index contributed by atoms with van der Waals surface area (Å²) in [5.74, 6) is 1.29. The zero-order valence-electron chi connectivity index (χ0n) is 10.0. The number of rotatable bonds is 4. The Morgan fingerprint density at radius 1 is 1.00 bits per heavy atom. The standard InChI is InChI=1S/C13H25NS/c1-2-15-13-9-5-8-12(10-13)14-11-6-3-4-7-11/h11-14H,2-10H2,1H3. The molecular weight excluding hydrogens is 202 g/mol. The normalized spacial score (nSPS) is 33.4. The summed E-state index contributed by atoms with van der Waals surface area (Å²) in [5.41, 5.74) is 0. The highest BCUT2D eigenvalue weighted by molar-refractivity contribution is 7.99. The zero-order valence-corrected chi connectivity index (χ0v) is 10.8. The molecule has 0 amide bonds. The molecule has 1 N–H and O–H groups in total. The molecule has 0 aromatic rings. The summed E-state index contributed by atoms with van der Waals surface area (Å²) < 4.78 is 0. The van der Waals surface area contributed by atoms with Crippen molar-refractivity contribution in [1.29, 1.82) is 0 Å². The van der Waals surface area contributed by atoms with E-state index in [1.807, 2.05) is 0 Å². The predicted octanol–water partition coefficient (Wildman–Crippen LogP) is 3.58. The summed E-state index contributed by atoms with van der Waals surface area (Å²) in [4.78, 5) is 0. The molecule has 88 valence electrons. The van der Waals surface area contributed by atoms with E-state index in [-0.39, 0.29) is 0 Å². The Kier molecular flexibility index (Phi) is 4.83. The minimum Gasteiger partial charge on any atom is -0.311 e. The third-order valence-electron chi connectivity index (χ3n) is 3.86. The van der Waals surface area contributed by atoms with Crippen LogP contribution in [0.4, 0.5) is 0 Å². The summed E-state index contributed by atoms with van der Waals surface area (Å²) in [5, 5.41) is 4.84.